The zero-order valence-electron chi connectivity index (χ0n) is 9.57. The van der Waals surface area contributed by atoms with E-state index >= 15 is 0 Å². The maximum absolute atomic E-state index is 13.1. The van der Waals surface area contributed by atoms with E-state index in [0.717, 1.165) is 24.1 Å². The summed E-state index contributed by atoms with van der Waals surface area (Å²) in [7, 11) is 1.14. The summed E-state index contributed by atoms with van der Waals surface area (Å²) in [5.41, 5.74) is 0.0740. The van der Waals surface area contributed by atoms with Crippen molar-refractivity contribution in [2.24, 2.45) is 0 Å². The molecule has 0 aliphatic heterocycles. The highest BCUT2D eigenvalue weighted by Gasteiger charge is 2.20. The van der Waals surface area contributed by atoms with Gasteiger partial charge in [-0.1, -0.05) is 0 Å². The molecule has 4 nitrogen and oxygen atoms in total. The van der Waals surface area contributed by atoms with Crippen LogP contribution in [0.15, 0.2) is 18.2 Å². The van der Waals surface area contributed by atoms with Crippen LogP contribution in [0, 0.1) is 11.6 Å². The molecule has 1 rings (SSSR count). The molecule has 1 aromatic rings. The van der Waals surface area contributed by atoms with E-state index in [1.165, 1.54) is 6.07 Å². The van der Waals surface area contributed by atoms with Gasteiger partial charge in [0, 0.05) is 6.07 Å². The van der Waals surface area contributed by atoms with Crippen molar-refractivity contribution in [3.63, 3.8) is 0 Å². The highest BCUT2D eigenvalue weighted by molar-refractivity contribution is 6.18. The maximum Gasteiger partial charge on any atom is 0.414 e. The number of nitrogens with zero attached hydrogens (tertiary/aromatic N) is 1. The lowest BCUT2D eigenvalue weighted by Crippen LogP contribution is -2.38. The molecule has 1 atom stereocenters. The molecule has 0 radical (unpaired) electrons. The molecule has 0 fully saturated rings. The molecule has 0 aliphatic rings. The normalized spacial score (nSPS) is 12.1. The number of carbonyl (C=O) groups is 1. The number of aliphatic hydroxyl groups excluding tert-OH is 1. The van der Waals surface area contributed by atoms with Gasteiger partial charge in [0.15, 0.2) is 11.6 Å². The lowest BCUT2D eigenvalue weighted by molar-refractivity contribution is 0.166. The van der Waals surface area contributed by atoms with Crippen LogP contribution in [0.4, 0.5) is 19.3 Å². The first kappa shape index (κ1) is 14.7. The van der Waals surface area contributed by atoms with Gasteiger partial charge in [0.05, 0.1) is 31.3 Å². The molecule has 0 bridgehead atoms. The van der Waals surface area contributed by atoms with E-state index in [-0.39, 0.29) is 18.1 Å². The van der Waals surface area contributed by atoms with E-state index in [2.05, 4.69) is 4.74 Å². The Balaban J connectivity index is 3.01. The number of methoxy groups -OCH3 is 1. The minimum Gasteiger partial charge on any atom is -0.452 e. The van der Waals surface area contributed by atoms with E-state index in [4.69, 9.17) is 11.6 Å². The fourth-order valence-corrected chi connectivity index (χ4v) is 1.41. The summed E-state index contributed by atoms with van der Waals surface area (Å²) in [6, 6.07) is 2.93. The van der Waals surface area contributed by atoms with Crippen LogP contribution in [0.1, 0.15) is 0 Å². The van der Waals surface area contributed by atoms with Gasteiger partial charge in [0.25, 0.3) is 0 Å². The second-order valence-corrected chi connectivity index (χ2v) is 3.80. The van der Waals surface area contributed by atoms with Gasteiger partial charge in [-0.05, 0) is 12.1 Å². The Morgan fingerprint density at radius 1 is 1.50 bits per heavy atom. The lowest BCUT2D eigenvalue weighted by Gasteiger charge is -2.23. The van der Waals surface area contributed by atoms with Gasteiger partial charge in [-0.25, -0.2) is 13.6 Å². The standard InChI is InChI=1S/C11H12ClF2NO3/c1-18-11(17)15(6-8(16)5-12)7-2-3-9(13)10(14)4-7/h2-4,8,16H,5-6H2,1H3. The van der Waals surface area contributed by atoms with Crippen molar-refractivity contribution in [2.75, 3.05) is 24.4 Å². The molecule has 1 amide bonds. The zero-order valence-corrected chi connectivity index (χ0v) is 10.3. The van der Waals surface area contributed by atoms with E-state index in [1.807, 2.05) is 0 Å². The average Bonchev–Trinajstić information content (AvgIpc) is 2.38. The molecule has 18 heavy (non-hydrogen) atoms. The van der Waals surface area contributed by atoms with Gasteiger partial charge in [-0.3, -0.25) is 4.90 Å². The van der Waals surface area contributed by atoms with Crippen molar-refractivity contribution in [3.05, 3.63) is 29.8 Å². The van der Waals surface area contributed by atoms with E-state index < -0.39 is 23.8 Å². The van der Waals surface area contributed by atoms with Crippen molar-refractivity contribution in [2.45, 2.75) is 6.10 Å². The molecule has 100 valence electrons. The fourth-order valence-electron chi connectivity index (χ4n) is 1.31. The number of amides is 1. The summed E-state index contributed by atoms with van der Waals surface area (Å²) in [5, 5.41) is 9.41. The lowest BCUT2D eigenvalue weighted by atomic mass is 10.2. The Kier molecular flexibility index (Phi) is 5.30. The van der Waals surface area contributed by atoms with Gasteiger partial charge in [-0.15, -0.1) is 11.6 Å². The number of benzene rings is 1. The topological polar surface area (TPSA) is 49.8 Å². The van der Waals surface area contributed by atoms with Crippen molar-refractivity contribution in [1.29, 1.82) is 0 Å². The molecule has 0 aliphatic carbocycles. The summed E-state index contributed by atoms with van der Waals surface area (Å²) in [5.74, 6) is -2.22. The van der Waals surface area contributed by atoms with Gasteiger partial charge in [0.1, 0.15) is 0 Å². The molecule has 0 saturated heterocycles. The first-order valence-corrected chi connectivity index (χ1v) is 5.57. The second kappa shape index (κ2) is 6.51. The fraction of sp³-hybridized carbons (Fsp3) is 0.364. The minimum atomic E-state index is -1.10. The van der Waals surface area contributed by atoms with Crippen LogP contribution in [0.2, 0.25) is 0 Å². The molecule has 0 saturated carbocycles. The van der Waals surface area contributed by atoms with Crippen LogP contribution >= 0.6 is 11.6 Å². The van der Waals surface area contributed by atoms with Crippen molar-refractivity contribution < 1.29 is 23.4 Å². The van der Waals surface area contributed by atoms with E-state index in [1.54, 1.807) is 0 Å². The van der Waals surface area contributed by atoms with Crippen LogP contribution in [0.5, 0.6) is 0 Å². The summed E-state index contributed by atoms with van der Waals surface area (Å²) in [4.78, 5) is 12.5. The third-order valence-electron chi connectivity index (χ3n) is 2.18. The van der Waals surface area contributed by atoms with Gasteiger partial charge < -0.3 is 9.84 Å². The highest BCUT2D eigenvalue weighted by atomic mass is 35.5. The maximum atomic E-state index is 13.1. The Hall–Kier alpha value is -1.40. The summed E-state index contributed by atoms with van der Waals surface area (Å²) >= 11 is 5.43. The van der Waals surface area contributed by atoms with Crippen LogP contribution in [0.3, 0.4) is 0 Å². The molecule has 1 N–H and O–H groups in total. The Bertz CT molecular complexity index is 431. The number of carbonyl (C=O) groups excluding carboxylic acids is 1. The number of aliphatic hydroxyl groups is 1. The van der Waals surface area contributed by atoms with Crippen molar-refractivity contribution in [1.82, 2.24) is 0 Å². The number of rotatable bonds is 4. The van der Waals surface area contributed by atoms with Crippen molar-refractivity contribution >= 4 is 23.4 Å². The minimum absolute atomic E-state index is 0.0740. The number of alkyl halides is 1. The summed E-state index contributed by atoms with van der Waals surface area (Å²) in [6.07, 6.45) is -1.80. The predicted molar refractivity (Wildman–Crippen MR) is 62.8 cm³/mol. The quantitative estimate of drug-likeness (QED) is 0.859. The first-order valence-electron chi connectivity index (χ1n) is 5.04. The third kappa shape index (κ3) is 3.54. The van der Waals surface area contributed by atoms with E-state index in [0.29, 0.717) is 0 Å². The number of halogens is 3. The molecule has 1 unspecified atom stereocenters. The summed E-state index contributed by atoms with van der Waals surface area (Å²) < 4.78 is 30.4. The first-order chi connectivity index (χ1) is 8.49. The number of anilines is 1. The van der Waals surface area contributed by atoms with Gasteiger partial charge >= 0.3 is 6.09 Å². The largest absolute Gasteiger partial charge is 0.452 e. The van der Waals surface area contributed by atoms with E-state index in [9.17, 15) is 18.7 Å². The number of ether oxygens (including phenoxy) is 1. The predicted octanol–water partition coefficient (Wildman–Crippen LogP) is 2.14. The molecular weight excluding hydrogens is 268 g/mol. The molecule has 0 spiro atoms. The van der Waals surface area contributed by atoms with Crippen LogP contribution in [0.25, 0.3) is 0 Å². The van der Waals surface area contributed by atoms with Crippen LogP contribution < -0.4 is 4.90 Å². The second-order valence-electron chi connectivity index (χ2n) is 3.49. The number of hydrogen-bond acceptors (Lipinski definition) is 3. The Labute approximate surface area is 108 Å². The molecule has 1 aromatic carbocycles. The SMILES string of the molecule is COC(=O)N(CC(O)CCl)c1ccc(F)c(F)c1. The number of hydrogen-bond donors (Lipinski definition) is 1. The highest BCUT2D eigenvalue weighted by Crippen LogP contribution is 2.19. The summed E-state index contributed by atoms with van der Waals surface area (Å²) in [6.45, 7) is -0.179. The smallest absolute Gasteiger partial charge is 0.414 e. The molecule has 0 heterocycles. The van der Waals surface area contributed by atoms with Gasteiger partial charge in [-0.2, -0.15) is 0 Å². The molecule has 0 aromatic heterocycles. The van der Waals surface area contributed by atoms with Crippen molar-refractivity contribution in [3.8, 4) is 0 Å². The molecular formula is C11H12ClF2NO3. The Morgan fingerprint density at radius 2 is 2.17 bits per heavy atom. The molecule has 7 heteroatoms. The third-order valence-corrected chi connectivity index (χ3v) is 2.54. The van der Waals surface area contributed by atoms with Crippen LogP contribution in [-0.4, -0.2) is 36.8 Å². The van der Waals surface area contributed by atoms with Gasteiger partial charge in [0.2, 0.25) is 0 Å². The monoisotopic (exact) mass is 279 g/mol. The zero-order chi connectivity index (χ0) is 13.7. The van der Waals surface area contributed by atoms with Crippen LogP contribution in [-0.2, 0) is 4.74 Å². The Morgan fingerprint density at radius 3 is 2.67 bits per heavy atom. The average molecular weight is 280 g/mol.